The van der Waals surface area contributed by atoms with Crippen molar-refractivity contribution in [1.29, 1.82) is 0 Å². The summed E-state index contributed by atoms with van der Waals surface area (Å²) in [5.74, 6) is 0. The summed E-state index contributed by atoms with van der Waals surface area (Å²) >= 11 is 1.65. The molecule has 4 nitrogen and oxygen atoms in total. The van der Waals surface area contributed by atoms with Crippen LogP contribution in [0.25, 0.3) is 0 Å². The smallest absolute Gasteiger partial charge is 0.240 e. The Bertz CT molecular complexity index is 783. The Morgan fingerprint density at radius 3 is 2.58 bits per heavy atom. The molecule has 3 rings (SSSR count). The minimum Gasteiger partial charge on any atom is -0.300 e. The highest BCUT2D eigenvalue weighted by Crippen LogP contribution is 2.25. The molecule has 2 aromatic rings. The first-order valence-electron chi connectivity index (χ1n) is 8.28. The normalized spacial score (nSPS) is 16.1. The summed E-state index contributed by atoms with van der Waals surface area (Å²) < 4.78 is 28.2. The van der Waals surface area contributed by atoms with Gasteiger partial charge in [0.2, 0.25) is 10.0 Å². The molecule has 0 saturated heterocycles. The van der Waals surface area contributed by atoms with Crippen molar-refractivity contribution >= 4 is 21.4 Å². The Kier molecular flexibility index (Phi) is 5.39. The van der Waals surface area contributed by atoms with E-state index in [9.17, 15) is 8.42 Å². The van der Waals surface area contributed by atoms with Gasteiger partial charge in [-0.05, 0) is 74.5 Å². The van der Waals surface area contributed by atoms with Crippen molar-refractivity contribution < 1.29 is 8.42 Å². The maximum atomic E-state index is 12.7. The van der Waals surface area contributed by atoms with E-state index in [1.165, 1.54) is 17.5 Å². The van der Waals surface area contributed by atoms with Crippen LogP contribution in [0.5, 0.6) is 0 Å². The number of fused-ring (bicyclic) bond motifs is 1. The highest BCUT2D eigenvalue weighted by Gasteiger charge is 2.21. The molecule has 1 aliphatic rings. The molecule has 1 N–H and O–H groups in total. The van der Waals surface area contributed by atoms with Gasteiger partial charge in [0.15, 0.2) is 0 Å². The van der Waals surface area contributed by atoms with Gasteiger partial charge in [-0.15, -0.1) is 11.3 Å². The summed E-state index contributed by atoms with van der Waals surface area (Å²) in [5.41, 5.74) is 2.48. The van der Waals surface area contributed by atoms with E-state index in [2.05, 4.69) is 4.72 Å². The molecule has 1 atom stereocenters. The van der Waals surface area contributed by atoms with Crippen molar-refractivity contribution in [3.63, 3.8) is 0 Å². The second-order valence-electron chi connectivity index (χ2n) is 6.48. The summed E-state index contributed by atoms with van der Waals surface area (Å²) in [6.07, 6.45) is 4.38. The van der Waals surface area contributed by atoms with Gasteiger partial charge in [0.1, 0.15) is 0 Å². The SMILES string of the molecule is CN(C)[C@@H](CNS(=O)(=O)c1ccc2c(c1)CCCC2)c1cccs1. The predicted molar refractivity (Wildman–Crippen MR) is 99.0 cm³/mol. The van der Waals surface area contributed by atoms with Gasteiger partial charge in [-0.2, -0.15) is 0 Å². The number of rotatable bonds is 6. The Morgan fingerprint density at radius 2 is 1.92 bits per heavy atom. The number of nitrogens with zero attached hydrogens (tertiary/aromatic N) is 1. The highest BCUT2D eigenvalue weighted by atomic mass is 32.2. The average Bonchev–Trinajstić information content (AvgIpc) is 3.08. The van der Waals surface area contributed by atoms with Gasteiger partial charge in [-0.3, -0.25) is 0 Å². The van der Waals surface area contributed by atoms with E-state index in [4.69, 9.17) is 0 Å². The first-order chi connectivity index (χ1) is 11.5. The fourth-order valence-corrected chi connectivity index (χ4v) is 5.18. The predicted octanol–water partition coefficient (Wildman–Crippen LogP) is 3.21. The zero-order valence-corrected chi connectivity index (χ0v) is 15.8. The lowest BCUT2D eigenvalue weighted by Gasteiger charge is -2.23. The minimum atomic E-state index is -3.49. The molecule has 1 aromatic carbocycles. The zero-order valence-electron chi connectivity index (χ0n) is 14.2. The van der Waals surface area contributed by atoms with Crippen molar-refractivity contribution in [3.05, 3.63) is 51.7 Å². The molecule has 0 amide bonds. The van der Waals surface area contributed by atoms with Crippen LogP contribution in [0.3, 0.4) is 0 Å². The Morgan fingerprint density at radius 1 is 1.17 bits per heavy atom. The monoisotopic (exact) mass is 364 g/mol. The second kappa shape index (κ2) is 7.35. The summed E-state index contributed by atoms with van der Waals surface area (Å²) in [6.45, 7) is 0.368. The highest BCUT2D eigenvalue weighted by molar-refractivity contribution is 7.89. The van der Waals surface area contributed by atoms with Crippen molar-refractivity contribution in [1.82, 2.24) is 9.62 Å². The number of likely N-dealkylation sites (N-methyl/N-ethyl adjacent to an activating group) is 1. The number of nitrogens with one attached hydrogen (secondary N) is 1. The molecule has 1 heterocycles. The molecule has 0 bridgehead atoms. The van der Waals surface area contributed by atoms with Gasteiger partial charge in [0, 0.05) is 11.4 Å². The van der Waals surface area contributed by atoms with Crippen LogP contribution in [0.4, 0.5) is 0 Å². The van der Waals surface area contributed by atoms with Crippen LogP contribution in [-0.2, 0) is 22.9 Å². The number of aryl methyl sites for hydroxylation is 2. The molecule has 24 heavy (non-hydrogen) atoms. The van der Waals surface area contributed by atoms with E-state index in [1.807, 2.05) is 48.6 Å². The molecule has 6 heteroatoms. The van der Waals surface area contributed by atoms with E-state index in [1.54, 1.807) is 17.4 Å². The number of benzene rings is 1. The first-order valence-corrected chi connectivity index (χ1v) is 10.6. The fourth-order valence-electron chi connectivity index (χ4n) is 3.17. The van der Waals surface area contributed by atoms with Crippen molar-refractivity contribution in [2.75, 3.05) is 20.6 Å². The quantitative estimate of drug-likeness (QED) is 0.856. The topological polar surface area (TPSA) is 49.4 Å². The Hall–Kier alpha value is -1.21. The molecule has 0 saturated carbocycles. The van der Waals surface area contributed by atoms with Crippen LogP contribution in [0.1, 0.15) is 34.9 Å². The van der Waals surface area contributed by atoms with Gasteiger partial charge in [0.25, 0.3) is 0 Å². The number of sulfonamides is 1. The van der Waals surface area contributed by atoms with Gasteiger partial charge in [-0.25, -0.2) is 13.1 Å². The number of hydrogen-bond donors (Lipinski definition) is 1. The largest absolute Gasteiger partial charge is 0.300 e. The second-order valence-corrected chi connectivity index (χ2v) is 9.23. The summed E-state index contributed by atoms with van der Waals surface area (Å²) in [7, 11) is 0.454. The van der Waals surface area contributed by atoms with Crippen molar-refractivity contribution in [2.24, 2.45) is 0 Å². The Balaban J connectivity index is 1.76. The molecule has 0 fully saturated rings. The van der Waals surface area contributed by atoms with Crippen LogP contribution >= 0.6 is 11.3 Å². The molecule has 130 valence electrons. The fraction of sp³-hybridized carbons (Fsp3) is 0.444. The lowest BCUT2D eigenvalue weighted by atomic mass is 9.92. The maximum Gasteiger partial charge on any atom is 0.240 e. The van der Waals surface area contributed by atoms with Gasteiger partial charge >= 0.3 is 0 Å². The molecule has 1 aromatic heterocycles. The van der Waals surface area contributed by atoms with E-state index in [-0.39, 0.29) is 6.04 Å². The average molecular weight is 365 g/mol. The molecule has 0 unspecified atom stereocenters. The molecule has 0 spiro atoms. The Labute approximate surface area is 148 Å². The van der Waals surface area contributed by atoms with Crippen LogP contribution in [-0.4, -0.2) is 34.0 Å². The third-order valence-electron chi connectivity index (χ3n) is 4.59. The van der Waals surface area contributed by atoms with Crippen molar-refractivity contribution in [2.45, 2.75) is 36.6 Å². The molecule has 0 radical (unpaired) electrons. The van der Waals surface area contributed by atoms with E-state index >= 15 is 0 Å². The van der Waals surface area contributed by atoms with E-state index in [0.717, 1.165) is 24.1 Å². The summed E-state index contributed by atoms with van der Waals surface area (Å²) in [6, 6.07) is 9.65. The number of thiophene rings is 1. The third kappa shape index (κ3) is 3.88. The van der Waals surface area contributed by atoms with Crippen molar-refractivity contribution in [3.8, 4) is 0 Å². The maximum absolute atomic E-state index is 12.7. The summed E-state index contributed by atoms with van der Waals surface area (Å²) in [4.78, 5) is 3.58. The van der Waals surface area contributed by atoms with Gasteiger partial charge < -0.3 is 4.90 Å². The van der Waals surface area contributed by atoms with Gasteiger partial charge in [0.05, 0.1) is 10.9 Å². The third-order valence-corrected chi connectivity index (χ3v) is 6.99. The first kappa shape index (κ1) is 17.6. The lowest BCUT2D eigenvalue weighted by molar-refractivity contribution is 0.303. The summed E-state index contributed by atoms with van der Waals surface area (Å²) in [5, 5.41) is 2.02. The van der Waals surface area contributed by atoms with Crippen LogP contribution in [0.2, 0.25) is 0 Å². The molecule has 1 aliphatic carbocycles. The minimum absolute atomic E-state index is 0.0393. The molecular formula is C18H24N2O2S2. The molecule has 0 aliphatic heterocycles. The van der Waals surface area contributed by atoms with E-state index in [0.29, 0.717) is 11.4 Å². The van der Waals surface area contributed by atoms with E-state index < -0.39 is 10.0 Å². The lowest BCUT2D eigenvalue weighted by Crippen LogP contribution is -2.34. The zero-order chi connectivity index (χ0) is 17.2. The van der Waals surface area contributed by atoms with Crippen LogP contribution in [0, 0.1) is 0 Å². The van der Waals surface area contributed by atoms with Crippen LogP contribution in [0.15, 0.2) is 40.6 Å². The number of hydrogen-bond acceptors (Lipinski definition) is 4. The standard InChI is InChI=1S/C18H24N2O2S2/c1-20(2)17(18-8-5-11-23-18)13-19-24(21,22)16-10-9-14-6-3-4-7-15(14)12-16/h5,8-12,17,19H,3-4,6-7,13H2,1-2H3/t17-/m0/s1. The van der Waals surface area contributed by atoms with Gasteiger partial charge in [-0.1, -0.05) is 12.1 Å². The van der Waals surface area contributed by atoms with Crippen LogP contribution < -0.4 is 4.72 Å². The molecular weight excluding hydrogens is 340 g/mol.